The van der Waals surface area contributed by atoms with Crippen LogP contribution in [0, 0.1) is 0 Å². The monoisotopic (exact) mass is 370 g/mol. The lowest BCUT2D eigenvalue weighted by atomic mass is 10.1. The van der Waals surface area contributed by atoms with Gasteiger partial charge in [0.25, 0.3) is 0 Å². The third kappa shape index (κ3) is 5.23. The fourth-order valence-corrected chi connectivity index (χ4v) is 2.10. The topological polar surface area (TPSA) is 44.8 Å². The van der Waals surface area contributed by atoms with Gasteiger partial charge in [0, 0.05) is 11.1 Å². The molecular formula is C18H14F4O4. The van der Waals surface area contributed by atoms with Gasteiger partial charge in [-0.1, -0.05) is 18.2 Å². The number of allylic oxidation sites excluding steroid dienone is 1. The molecule has 8 heteroatoms. The van der Waals surface area contributed by atoms with E-state index in [9.17, 15) is 22.4 Å². The van der Waals surface area contributed by atoms with Crippen LogP contribution in [0.1, 0.15) is 15.9 Å². The molecule has 0 saturated carbocycles. The third-order valence-corrected chi connectivity index (χ3v) is 3.21. The summed E-state index contributed by atoms with van der Waals surface area (Å²) in [7, 11) is 1.25. The highest BCUT2D eigenvalue weighted by Gasteiger charge is 2.13. The Morgan fingerprint density at radius 3 is 2.23 bits per heavy atom. The first kappa shape index (κ1) is 19.3. The molecule has 0 aliphatic rings. The smallest absolute Gasteiger partial charge is 0.387 e. The van der Waals surface area contributed by atoms with Crippen LogP contribution >= 0.6 is 0 Å². The van der Waals surface area contributed by atoms with E-state index >= 15 is 0 Å². The number of ether oxygens (including phenoxy) is 3. The van der Waals surface area contributed by atoms with Crippen molar-refractivity contribution in [3.8, 4) is 17.2 Å². The van der Waals surface area contributed by atoms with E-state index in [4.69, 9.17) is 4.74 Å². The van der Waals surface area contributed by atoms with E-state index in [1.807, 2.05) is 0 Å². The molecule has 0 fully saturated rings. The van der Waals surface area contributed by atoms with Gasteiger partial charge in [0.1, 0.15) is 5.75 Å². The Bertz CT molecular complexity index is 791. The minimum Gasteiger partial charge on any atom is -0.493 e. The molecule has 0 aliphatic heterocycles. The lowest BCUT2D eigenvalue weighted by Gasteiger charge is -2.10. The molecule has 0 N–H and O–H groups in total. The van der Waals surface area contributed by atoms with Crippen LogP contribution in [0.15, 0.2) is 48.5 Å². The predicted molar refractivity (Wildman–Crippen MR) is 86.1 cm³/mol. The number of carbonyl (C=O) groups excluding carboxylic acids is 1. The first-order valence-electron chi connectivity index (χ1n) is 7.30. The Morgan fingerprint density at radius 2 is 1.58 bits per heavy atom. The van der Waals surface area contributed by atoms with E-state index in [0.29, 0.717) is 0 Å². The molecule has 0 radical (unpaired) electrons. The molecule has 4 nitrogen and oxygen atoms in total. The molecular weight excluding hydrogens is 356 g/mol. The van der Waals surface area contributed by atoms with Gasteiger partial charge in [-0.2, -0.15) is 17.6 Å². The fourth-order valence-electron chi connectivity index (χ4n) is 2.10. The number of carbonyl (C=O) groups is 1. The summed E-state index contributed by atoms with van der Waals surface area (Å²) in [6.07, 6.45) is 2.46. The van der Waals surface area contributed by atoms with Crippen LogP contribution in [0.5, 0.6) is 17.2 Å². The number of ketones is 1. The Hall–Kier alpha value is -3.03. The number of rotatable bonds is 8. The van der Waals surface area contributed by atoms with E-state index < -0.39 is 19.0 Å². The Morgan fingerprint density at radius 1 is 0.923 bits per heavy atom. The predicted octanol–water partition coefficient (Wildman–Crippen LogP) is 4.79. The summed E-state index contributed by atoms with van der Waals surface area (Å²) in [5.74, 6) is -0.812. The summed E-state index contributed by atoms with van der Waals surface area (Å²) in [5, 5.41) is 0. The van der Waals surface area contributed by atoms with Crippen molar-refractivity contribution in [1.29, 1.82) is 0 Å². The van der Waals surface area contributed by atoms with Gasteiger partial charge in [-0.05, 0) is 36.4 Å². The number of hydrogen-bond acceptors (Lipinski definition) is 4. The van der Waals surface area contributed by atoms with Gasteiger partial charge in [-0.3, -0.25) is 4.79 Å². The molecule has 2 aromatic rings. The summed E-state index contributed by atoms with van der Waals surface area (Å²) in [5.41, 5.74) is 0.428. The second-order valence-corrected chi connectivity index (χ2v) is 4.86. The average Bonchev–Trinajstić information content (AvgIpc) is 2.60. The number of hydrogen-bond donors (Lipinski definition) is 0. The standard InChI is InChI=1S/C18H14F4O4/c1-24-16-10-12(7-9-15(16)26-18(21)22)13(23)8-6-11-4-2-3-5-14(11)25-17(19)20/h2-10,17-18H,1H3/b8-6+. The van der Waals surface area contributed by atoms with E-state index in [-0.39, 0.29) is 28.4 Å². The van der Waals surface area contributed by atoms with Gasteiger partial charge in [0.15, 0.2) is 17.3 Å². The van der Waals surface area contributed by atoms with E-state index in [0.717, 1.165) is 6.08 Å². The van der Waals surface area contributed by atoms with Crippen LogP contribution in [0.4, 0.5) is 17.6 Å². The summed E-state index contributed by atoms with van der Waals surface area (Å²) >= 11 is 0. The average molecular weight is 370 g/mol. The Kier molecular flexibility index (Phi) is 6.60. The van der Waals surface area contributed by atoms with Gasteiger partial charge in [0.05, 0.1) is 7.11 Å². The van der Waals surface area contributed by atoms with Crippen LogP contribution in [0.25, 0.3) is 6.08 Å². The Balaban J connectivity index is 2.21. The van der Waals surface area contributed by atoms with Crippen LogP contribution < -0.4 is 14.2 Å². The van der Waals surface area contributed by atoms with Gasteiger partial charge in [0.2, 0.25) is 0 Å². The molecule has 0 unspecified atom stereocenters. The molecule has 0 amide bonds. The second kappa shape index (κ2) is 8.89. The van der Waals surface area contributed by atoms with Crippen molar-refractivity contribution in [3.63, 3.8) is 0 Å². The Labute approximate surface area is 146 Å². The second-order valence-electron chi connectivity index (χ2n) is 4.86. The minimum absolute atomic E-state index is 0.0361. The molecule has 0 atom stereocenters. The van der Waals surface area contributed by atoms with Gasteiger partial charge in [-0.25, -0.2) is 0 Å². The molecule has 2 rings (SSSR count). The minimum atomic E-state index is -3.03. The zero-order valence-corrected chi connectivity index (χ0v) is 13.5. The van der Waals surface area contributed by atoms with Crippen molar-refractivity contribution in [2.24, 2.45) is 0 Å². The van der Waals surface area contributed by atoms with Crippen LogP contribution in [0.2, 0.25) is 0 Å². The van der Waals surface area contributed by atoms with Crippen molar-refractivity contribution in [2.45, 2.75) is 13.2 Å². The zero-order chi connectivity index (χ0) is 19.1. The summed E-state index contributed by atoms with van der Waals surface area (Å²) in [4.78, 5) is 12.2. The first-order valence-corrected chi connectivity index (χ1v) is 7.30. The van der Waals surface area contributed by atoms with Gasteiger partial charge >= 0.3 is 13.2 Å². The SMILES string of the molecule is COc1cc(C(=O)/C=C/c2ccccc2OC(F)F)ccc1OC(F)F. The molecule has 0 aromatic heterocycles. The molecule has 26 heavy (non-hydrogen) atoms. The summed E-state index contributed by atoms with van der Waals surface area (Å²) < 4.78 is 63.0. The van der Waals surface area contributed by atoms with E-state index in [1.54, 1.807) is 6.07 Å². The highest BCUT2D eigenvalue weighted by Crippen LogP contribution is 2.30. The number of para-hydroxylation sites is 1. The van der Waals surface area contributed by atoms with Gasteiger partial charge in [-0.15, -0.1) is 0 Å². The number of halogens is 4. The molecule has 0 saturated heterocycles. The van der Waals surface area contributed by atoms with Crippen molar-refractivity contribution in [3.05, 3.63) is 59.7 Å². The summed E-state index contributed by atoms with van der Waals surface area (Å²) in [6.45, 7) is -6.02. The lowest BCUT2D eigenvalue weighted by molar-refractivity contribution is -0.0514. The summed E-state index contributed by atoms with van der Waals surface area (Å²) in [6, 6.07) is 9.67. The van der Waals surface area contributed by atoms with Crippen molar-refractivity contribution in [1.82, 2.24) is 0 Å². The largest absolute Gasteiger partial charge is 0.493 e. The van der Waals surface area contributed by atoms with Crippen LogP contribution in [-0.4, -0.2) is 26.1 Å². The number of alkyl halides is 4. The van der Waals surface area contributed by atoms with Crippen molar-refractivity contribution in [2.75, 3.05) is 7.11 Å². The molecule has 0 heterocycles. The molecule has 0 aliphatic carbocycles. The van der Waals surface area contributed by atoms with E-state index in [2.05, 4.69) is 9.47 Å². The highest BCUT2D eigenvalue weighted by atomic mass is 19.3. The van der Waals surface area contributed by atoms with Crippen LogP contribution in [0.3, 0.4) is 0 Å². The van der Waals surface area contributed by atoms with Gasteiger partial charge < -0.3 is 14.2 Å². The quantitative estimate of drug-likeness (QED) is 0.381. The molecule has 0 spiro atoms. The number of methoxy groups -OCH3 is 1. The molecule has 0 bridgehead atoms. The maximum atomic E-state index is 12.4. The molecule has 138 valence electrons. The third-order valence-electron chi connectivity index (χ3n) is 3.21. The highest BCUT2D eigenvalue weighted by molar-refractivity contribution is 6.07. The number of benzene rings is 2. The van der Waals surface area contributed by atoms with Crippen LogP contribution in [-0.2, 0) is 0 Å². The lowest BCUT2D eigenvalue weighted by Crippen LogP contribution is -2.05. The van der Waals surface area contributed by atoms with E-state index in [1.165, 1.54) is 49.6 Å². The zero-order valence-electron chi connectivity index (χ0n) is 13.5. The normalized spacial score (nSPS) is 11.2. The molecule has 2 aromatic carbocycles. The van der Waals surface area contributed by atoms with Crippen molar-refractivity contribution < 1.29 is 36.6 Å². The maximum absolute atomic E-state index is 12.4. The first-order chi connectivity index (χ1) is 12.4. The fraction of sp³-hybridized carbons (Fsp3) is 0.167. The van der Waals surface area contributed by atoms with Crippen molar-refractivity contribution >= 4 is 11.9 Å². The maximum Gasteiger partial charge on any atom is 0.387 e.